The molecule has 3 nitrogen and oxygen atoms in total. The summed E-state index contributed by atoms with van der Waals surface area (Å²) in [6.45, 7) is 1.90. The molecule has 1 heterocycles. The number of aromatic nitrogens is 1. The first-order valence-electron chi connectivity index (χ1n) is 5.27. The SMILES string of the molecule is Cc1ccnc(Oc2ccccc2Cl)c1C(N)=S. The summed E-state index contributed by atoms with van der Waals surface area (Å²) >= 11 is 11.0. The van der Waals surface area contributed by atoms with Crippen LogP contribution in [0.5, 0.6) is 11.6 Å². The van der Waals surface area contributed by atoms with Crippen molar-refractivity contribution in [2.45, 2.75) is 6.92 Å². The van der Waals surface area contributed by atoms with Crippen molar-refractivity contribution in [2.24, 2.45) is 5.73 Å². The summed E-state index contributed by atoms with van der Waals surface area (Å²) in [7, 11) is 0. The molecule has 1 aromatic carbocycles. The number of hydrogen-bond acceptors (Lipinski definition) is 3. The quantitative estimate of drug-likeness (QED) is 0.874. The summed E-state index contributed by atoms with van der Waals surface area (Å²) in [6.07, 6.45) is 1.64. The predicted molar refractivity (Wildman–Crippen MR) is 76.4 cm³/mol. The van der Waals surface area contributed by atoms with Gasteiger partial charge in [0.25, 0.3) is 0 Å². The van der Waals surface area contributed by atoms with Crippen molar-refractivity contribution < 1.29 is 4.74 Å². The van der Waals surface area contributed by atoms with E-state index in [1.807, 2.05) is 25.1 Å². The van der Waals surface area contributed by atoms with Gasteiger partial charge in [0.1, 0.15) is 10.7 Å². The van der Waals surface area contributed by atoms with Crippen LogP contribution in [0.2, 0.25) is 5.02 Å². The largest absolute Gasteiger partial charge is 0.437 e. The van der Waals surface area contributed by atoms with Gasteiger partial charge < -0.3 is 10.5 Å². The Morgan fingerprint density at radius 3 is 2.72 bits per heavy atom. The van der Waals surface area contributed by atoms with Crippen molar-refractivity contribution in [1.82, 2.24) is 4.98 Å². The minimum absolute atomic E-state index is 0.252. The van der Waals surface area contributed by atoms with Crippen molar-refractivity contribution in [3.05, 3.63) is 52.7 Å². The average molecular weight is 279 g/mol. The number of aryl methyl sites for hydroxylation is 1. The molecule has 2 aromatic rings. The Hall–Kier alpha value is -1.65. The fourth-order valence-corrected chi connectivity index (χ4v) is 1.96. The monoisotopic (exact) mass is 278 g/mol. The molecule has 2 rings (SSSR count). The Morgan fingerprint density at radius 2 is 2.06 bits per heavy atom. The van der Waals surface area contributed by atoms with Crippen molar-refractivity contribution in [3.63, 3.8) is 0 Å². The van der Waals surface area contributed by atoms with Gasteiger partial charge in [-0.3, -0.25) is 0 Å². The van der Waals surface area contributed by atoms with Crippen LogP contribution in [0.25, 0.3) is 0 Å². The summed E-state index contributed by atoms with van der Waals surface area (Å²) in [4.78, 5) is 4.40. The average Bonchev–Trinajstić information content (AvgIpc) is 2.31. The molecular formula is C13H11ClN2OS. The smallest absolute Gasteiger partial charge is 0.229 e. The highest BCUT2D eigenvalue weighted by molar-refractivity contribution is 7.80. The molecule has 0 bridgehead atoms. The molecule has 0 atom stereocenters. The summed E-state index contributed by atoms with van der Waals surface area (Å²) in [5, 5.41) is 0.509. The van der Waals surface area contributed by atoms with Crippen LogP contribution in [0, 0.1) is 6.92 Å². The molecule has 0 aliphatic rings. The van der Waals surface area contributed by atoms with Gasteiger partial charge in [-0.25, -0.2) is 4.98 Å². The molecule has 5 heteroatoms. The maximum atomic E-state index is 6.03. The highest BCUT2D eigenvalue weighted by atomic mass is 35.5. The van der Waals surface area contributed by atoms with Crippen LogP contribution in [-0.4, -0.2) is 9.97 Å². The van der Waals surface area contributed by atoms with Crippen LogP contribution in [0.15, 0.2) is 36.5 Å². The topological polar surface area (TPSA) is 48.1 Å². The molecule has 0 saturated heterocycles. The number of ether oxygens (including phenoxy) is 1. The molecule has 1 aromatic heterocycles. The number of benzene rings is 1. The zero-order valence-corrected chi connectivity index (χ0v) is 11.3. The second-order valence-electron chi connectivity index (χ2n) is 3.70. The van der Waals surface area contributed by atoms with Gasteiger partial charge in [0.2, 0.25) is 5.88 Å². The van der Waals surface area contributed by atoms with E-state index < -0.39 is 0 Å². The number of nitrogens with two attached hydrogens (primary N) is 1. The Kier molecular flexibility index (Phi) is 3.79. The minimum Gasteiger partial charge on any atom is -0.437 e. The van der Waals surface area contributed by atoms with E-state index in [-0.39, 0.29) is 4.99 Å². The molecule has 0 amide bonds. The lowest BCUT2D eigenvalue weighted by atomic mass is 10.1. The molecule has 92 valence electrons. The van der Waals surface area contributed by atoms with Crippen molar-refractivity contribution in [1.29, 1.82) is 0 Å². The van der Waals surface area contributed by atoms with Crippen molar-refractivity contribution in [2.75, 3.05) is 0 Å². The summed E-state index contributed by atoms with van der Waals surface area (Å²) in [5.74, 6) is 0.894. The fourth-order valence-electron chi connectivity index (χ4n) is 1.54. The zero-order valence-electron chi connectivity index (χ0n) is 9.68. The molecule has 0 unspecified atom stereocenters. The number of para-hydroxylation sites is 1. The van der Waals surface area contributed by atoms with E-state index in [4.69, 9.17) is 34.3 Å². The molecule has 0 spiro atoms. The van der Waals surface area contributed by atoms with E-state index in [1.165, 1.54) is 0 Å². The number of pyridine rings is 1. The fraction of sp³-hybridized carbons (Fsp3) is 0.0769. The van der Waals surface area contributed by atoms with Crippen LogP contribution >= 0.6 is 23.8 Å². The first-order valence-corrected chi connectivity index (χ1v) is 6.06. The van der Waals surface area contributed by atoms with Gasteiger partial charge in [-0.15, -0.1) is 0 Å². The van der Waals surface area contributed by atoms with E-state index >= 15 is 0 Å². The summed E-state index contributed by atoms with van der Waals surface area (Å²) in [5.41, 5.74) is 7.23. The Balaban J connectivity index is 2.44. The normalized spacial score (nSPS) is 10.1. The van der Waals surface area contributed by atoms with Crippen molar-refractivity contribution >= 4 is 28.8 Å². The lowest BCUT2D eigenvalue weighted by molar-refractivity contribution is 0.461. The standard InChI is InChI=1S/C13H11ClN2OS/c1-8-6-7-16-13(11(8)12(15)18)17-10-5-3-2-4-9(10)14/h2-7H,1H3,(H2,15,18). The van der Waals surface area contributed by atoms with Crippen LogP contribution < -0.4 is 10.5 Å². The molecule has 0 radical (unpaired) electrons. The maximum Gasteiger partial charge on any atom is 0.229 e. The third kappa shape index (κ3) is 2.60. The lowest BCUT2D eigenvalue weighted by Gasteiger charge is -2.11. The molecular weight excluding hydrogens is 268 g/mol. The molecule has 0 aliphatic heterocycles. The van der Waals surface area contributed by atoms with Gasteiger partial charge in [-0.05, 0) is 30.7 Å². The number of nitrogens with zero attached hydrogens (tertiary/aromatic N) is 1. The summed E-state index contributed by atoms with van der Waals surface area (Å²) < 4.78 is 5.67. The third-order valence-electron chi connectivity index (χ3n) is 2.41. The van der Waals surface area contributed by atoms with E-state index in [0.717, 1.165) is 5.56 Å². The molecule has 2 N–H and O–H groups in total. The third-order valence-corrected chi connectivity index (χ3v) is 2.93. The zero-order chi connectivity index (χ0) is 13.1. The molecule has 0 aliphatic carbocycles. The highest BCUT2D eigenvalue weighted by Gasteiger charge is 2.13. The van der Waals surface area contributed by atoms with Gasteiger partial charge in [0, 0.05) is 6.20 Å². The van der Waals surface area contributed by atoms with E-state index in [1.54, 1.807) is 18.3 Å². The van der Waals surface area contributed by atoms with Gasteiger partial charge in [-0.2, -0.15) is 0 Å². The Labute approximate surface area is 116 Å². The first kappa shape index (κ1) is 12.8. The minimum atomic E-state index is 0.252. The molecule has 18 heavy (non-hydrogen) atoms. The number of rotatable bonds is 3. The second kappa shape index (κ2) is 5.33. The maximum absolute atomic E-state index is 6.03. The van der Waals surface area contributed by atoms with Crippen LogP contribution in [-0.2, 0) is 0 Å². The number of hydrogen-bond donors (Lipinski definition) is 1. The number of thiocarbonyl (C=S) groups is 1. The van der Waals surface area contributed by atoms with E-state index in [0.29, 0.717) is 22.2 Å². The van der Waals surface area contributed by atoms with Crippen LogP contribution in [0.3, 0.4) is 0 Å². The van der Waals surface area contributed by atoms with Gasteiger partial charge in [0.15, 0.2) is 0 Å². The van der Waals surface area contributed by atoms with E-state index in [9.17, 15) is 0 Å². The van der Waals surface area contributed by atoms with Crippen LogP contribution in [0.4, 0.5) is 0 Å². The van der Waals surface area contributed by atoms with Crippen LogP contribution in [0.1, 0.15) is 11.1 Å². The lowest BCUT2D eigenvalue weighted by Crippen LogP contribution is -2.13. The van der Waals surface area contributed by atoms with Gasteiger partial charge in [-0.1, -0.05) is 36.0 Å². The first-order chi connectivity index (χ1) is 8.59. The summed E-state index contributed by atoms with van der Waals surface area (Å²) in [6, 6.07) is 8.99. The molecule has 0 saturated carbocycles. The van der Waals surface area contributed by atoms with Gasteiger partial charge in [0.05, 0.1) is 10.6 Å². The van der Waals surface area contributed by atoms with Gasteiger partial charge >= 0.3 is 0 Å². The van der Waals surface area contributed by atoms with E-state index in [2.05, 4.69) is 4.98 Å². The highest BCUT2D eigenvalue weighted by Crippen LogP contribution is 2.30. The molecule has 0 fully saturated rings. The Morgan fingerprint density at radius 1 is 1.33 bits per heavy atom. The van der Waals surface area contributed by atoms with Crippen molar-refractivity contribution in [3.8, 4) is 11.6 Å². The second-order valence-corrected chi connectivity index (χ2v) is 4.55. The number of halogens is 1. The predicted octanol–water partition coefficient (Wildman–Crippen LogP) is 3.47. The Bertz CT molecular complexity index is 601.